The summed E-state index contributed by atoms with van der Waals surface area (Å²) in [6.07, 6.45) is 2.89. The van der Waals surface area contributed by atoms with E-state index in [1.165, 1.54) is 10.8 Å². The second-order valence-electron chi connectivity index (χ2n) is 6.27. The molecule has 140 valence electrons. The van der Waals surface area contributed by atoms with Gasteiger partial charge in [-0.25, -0.2) is 4.39 Å². The average molecular weight is 385 g/mol. The normalized spacial score (nSPS) is 10.6. The number of nitrogens with zero attached hydrogens (tertiary/aromatic N) is 3. The van der Waals surface area contributed by atoms with Crippen LogP contribution in [0, 0.1) is 17.1 Å². The number of pyridine rings is 2. The van der Waals surface area contributed by atoms with Crippen LogP contribution in [0.25, 0.3) is 16.6 Å². The fraction of sp³-hybridized carbons (Fsp3) is 0. The Hall–Kier alpha value is -4.31. The van der Waals surface area contributed by atoms with Crippen LogP contribution >= 0.6 is 0 Å². The zero-order valence-electron chi connectivity index (χ0n) is 14.8. The highest BCUT2D eigenvalue weighted by Crippen LogP contribution is 2.23. The molecule has 2 aromatic carbocycles. The monoisotopic (exact) mass is 385 g/mol. The van der Waals surface area contributed by atoms with Crippen LogP contribution in [-0.4, -0.2) is 20.4 Å². The van der Waals surface area contributed by atoms with Crippen molar-refractivity contribution in [1.29, 1.82) is 5.26 Å². The number of nitriles is 1. The number of phenolic OH excluding ortho intramolecular Hbond substituents is 1. The van der Waals surface area contributed by atoms with Crippen molar-refractivity contribution in [3.05, 3.63) is 99.9 Å². The molecule has 0 bridgehead atoms. The predicted molar refractivity (Wildman–Crippen MR) is 104 cm³/mol. The van der Waals surface area contributed by atoms with Gasteiger partial charge in [0.2, 0.25) is 0 Å². The van der Waals surface area contributed by atoms with E-state index in [9.17, 15) is 24.3 Å². The maximum absolute atomic E-state index is 13.6. The molecular weight excluding hydrogens is 373 g/mol. The van der Waals surface area contributed by atoms with E-state index >= 15 is 0 Å². The van der Waals surface area contributed by atoms with Crippen LogP contribution in [0.1, 0.15) is 21.5 Å². The van der Waals surface area contributed by atoms with Crippen LogP contribution in [0.3, 0.4) is 0 Å². The Labute approximate surface area is 163 Å². The van der Waals surface area contributed by atoms with E-state index in [2.05, 4.69) is 4.98 Å². The molecule has 0 aliphatic carbocycles. The van der Waals surface area contributed by atoms with Gasteiger partial charge in [-0.2, -0.15) is 5.26 Å². The fourth-order valence-electron chi connectivity index (χ4n) is 3.11. The Balaban J connectivity index is 1.98. The van der Waals surface area contributed by atoms with Gasteiger partial charge in [0.25, 0.3) is 5.56 Å². The molecule has 4 rings (SSSR count). The quantitative estimate of drug-likeness (QED) is 0.546. The predicted octanol–water partition coefficient (Wildman–Crippen LogP) is 3.33. The molecule has 7 heteroatoms. The molecule has 0 saturated heterocycles. The Morgan fingerprint density at radius 2 is 1.97 bits per heavy atom. The Kier molecular flexibility index (Phi) is 4.37. The summed E-state index contributed by atoms with van der Waals surface area (Å²) in [7, 11) is 0. The van der Waals surface area contributed by atoms with Crippen molar-refractivity contribution in [1.82, 2.24) is 9.55 Å². The van der Waals surface area contributed by atoms with Gasteiger partial charge in [0, 0.05) is 23.3 Å². The maximum atomic E-state index is 13.6. The van der Waals surface area contributed by atoms with E-state index in [1.54, 1.807) is 42.6 Å². The van der Waals surface area contributed by atoms with E-state index in [4.69, 9.17) is 0 Å². The second-order valence-corrected chi connectivity index (χ2v) is 6.27. The van der Waals surface area contributed by atoms with E-state index in [1.807, 2.05) is 0 Å². The van der Waals surface area contributed by atoms with Gasteiger partial charge >= 0.3 is 0 Å². The average Bonchev–Trinajstić information content (AvgIpc) is 2.75. The van der Waals surface area contributed by atoms with Crippen molar-refractivity contribution >= 4 is 16.7 Å². The molecule has 0 spiro atoms. The number of aromatic nitrogens is 2. The number of carbonyl (C=O) groups is 1. The lowest BCUT2D eigenvalue weighted by Gasteiger charge is -2.12. The van der Waals surface area contributed by atoms with Gasteiger partial charge in [-0.05, 0) is 48.5 Å². The minimum Gasteiger partial charge on any atom is -0.507 e. The summed E-state index contributed by atoms with van der Waals surface area (Å²) < 4.78 is 14.8. The number of fused-ring (bicyclic) bond motifs is 1. The summed E-state index contributed by atoms with van der Waals surface area (Å²) in [4.78, 5) is 29.9. The zero-order chi connectivity index (χ0) is 20.5. The third kappa shape index (κ3) is 3.13. The lowest BCUT2D eigenvalue weighted by Crippen LogP contribution is -2.23. The van der Waals surface area contributed by atoms with Crippen LogP contribution in [0.4, 0.5) is 4.39 Å². The van der Waals surface area contributed by atoms with E-state index in [0.29, 0.717) is 16.6 Å². The smallest absolute Gasteiger partial charge is 0.273 e. The van der Waals surface area contributed by atoms with Gasteiger partial charge in [0.15, 0.2) is 5.78 Å². The molecule has 0 fully saturated rings. The number of rotatable bonds is 3. The number of benzene rings is 2. The van der Waals surface area contributed by atoms with Crippen molar-refractivity contribution in [2.75, 3.05) is 0 Å². The highest BCUT2D eigenvalue weighted by atomic mass is 19.1. The second kappa shape index (κ2) is 7.02. The van der Waals surface area contributed by atoms with E-state index in [-0.39, 0.29) is 16.7 Å². The summed E-state index contributed by atoms with van der Waals surface area (Å²) in [5.74, 6) is -1.81. The highest BCUT2D eigenvalue weighted by Gasteiger charge is 2.19. The molecule has 4 aromatic rings. The van der Waals surface area contributed by atoms with Gasteiger partial charge < -0.3 is 5.11 Å². The van der Waals surface area contributed by atoms with Crippen LogP contribution in [0.15, 0.2) is 71.8 Å². The van der Waals surface area contributed by atoms with Gasteiger partial charge in [0.05, 0.1) is 16.8 Å². The van der Waals surface area contributed by atoms with Crippen molar-refractivity contribution in [2.45, 2.75) is 0 Å². The molecule has 0 radical (unpaired) electrons. The van der Waals surface area contributed by atoms with Crippen molar-refractivity contribution in [2.24, 2.45) is 0 Å². The molecule has 0 saturated carbocycles. The van der Waals surface area contributed by atoms with Crippen molar-refractivity contribution in [3.8, 4) is 17.5 Å². The lowest BCUT2D eigenvalue weighted by atomic mass is 10.0. The zero-order valence-corrected chi connectivity index (χ0v) is 14.8. The van der Waals surface area contributed by atoms with Gasteiger partial charge in [-0.1, -0.05) is 6.07 Å². The Morgan fingerprint density at radius 3 is 2.76 bits per heavy atom. The molecule has 2 heterocycles. The number of phenols is 1. The molecule has 0 aliphatic rings. The largest absolute Gasteiger partial charge is 0.507 e. The Bertz CT molecular complexity index is 1380. The summed E-state index contributed by atoms with van der Waals surface area (Å²) in [6.45, 7) is 0. The molecule has 6 nitrogen and oxygen atoms in total. The summed E-state index contributed by atoms with van der Waals surface area (Å²) in [5.41, 5.74) is -0.0942. The Morgan fingerprint density at radius 1 is 1.14 bits per heavy atom. The first-order valence-electron chi connectivity index (χ1n) is 8.54. The first-order chi connectivity index (χ1) is 14.0. The number of ketones is 1. The molecule has 29 heavy (non-hydrogen) atoms. The topological polar surface area (TPSA) is 96.0 Å². The first-order valence-corrected chi connectivity index (χ1v) is 8.54. The molecule has 0 atom stereocenters. The number of aromatic hydroxyl groups is 1. The minimum absolute atomic E-state index is 0.0389. The number of hydrogen-bond donors (Lipinski definition) is 1. The van der Waals surface area contributed by atoms with Crippen LogP contribution in [0.5, 0.6) is 5.75 Å². The van der Waals surface area contributed by atoms with Gasteiger partial charge in [-0.15, -0.1) is 0 Å². The molecular formula is C22H12FN3O3. The summed E-state index contributed by atoms with van der Waals surface area (Å²) >= 11 is 0. The molecule has 1 N–H and O–H groups in total. The number of carbonyl (C=O) groups excluding carboxylic acids is 1. The maximum Gasteiger partial charge on any atom is 0.273 e. The lowest BCUT2D eigenvalue weighted by molar-refractivity contribution is 0.103. The highest BCUT2D eigenvalue weighted by molar-refractivity contribution is 6.10. The third-order valence-corrected chi connectivity index (χ3v) is 4.49. The number of hydrogen-bond acceptors (Lipinski definition) is 5. The summed E-state index contributed by atoms with van der Waals surface area (Å²) in [5, 5.41) is 20.0. The van der Waals surface area contributed by atoms with Crippen LogP contribution in [0.2, 0.25) is 0 Å². The molecule has 0 amide bonds. The molecule has 2 aromatic heterocycles. The van der Waals surface area contributed by atoms with Gasteiger partial charge in [-0.3, -0.25) is 19.1 Å². The van der Waals surface area contributed by atoms with Crippen molar-refractivity contribution in [3.63, 3.8) is 0 Å². The summed E-state index contributed by atoms with van der Waals surface area (Å²) in [6, 6.07) is 14.5. The van der Waals surface area contributed by atoms with Crippen LogP contribution < -0.4 is 5.56 Å². The molecule has 0 aliphatic heterocycles. The number of halogens is 1. The fourth-order valence-corrected chi connectivity index (χ4v) is 3.11. The first kappa shape index (κ1) is 18.1. The van der Waals surface area contributed by atoms with Crippen molar-refractivity contribution < 1.29 is 14.3 Å². The third-order valence-electron chi connectivity index (χ3n) is 4.49. The van der Waals surface area contributed by atoms with E-state index in [0.717, 1.165) is 24.3 Å². The van der Waals surface area contributed by atoms with Gasteiger partial charge in [0.1, 0.15) is 23.2 Å². The van der Waals surface area contributed by atoms with E-state index < -0.39 is 22.9 Å². The molecule has 0 unspecified atom stereocenters. The van der Waals surface area contributed by atoms with Crippen LogP contribution in [-0.2, 0) is 0 Å². The minimum atomic E-state index is -0.717. The standard InChI is InChI=1S/C22H12FN3O3/c23-15-6-7-20(27)17(10-15)21(28)14-9-13(11-24)22(29)26(12-14)19-5-1-4-18-16(19)3-2-8-25-18/h1-10,12,27H. The SMILES string of the molecule is N#Cc1cc(C(=O)c2cc(F)ccc2O)cn(-c2cccc3ncccc23)c1=O.